The quantitative estimate of drug-likeness (QED) is 0.774. The molecule has 1 N–H and O–H groups in total. The van der Waals surface area contributed by atoms with Gasteiger partial charge in [0.1, 0.15) is 0 Å². The highest BCUT2D eigenvalue weighted by Crippen LogP contribution is 2.39. The van der Waals surface area contributed by atoms with Crippen LogP contribution in [0.25, 0.3) is 0 Å². The predicted octanol–water partition coefficient (Wildman–Crippen LogP) is 1.71. The maximum absolute atomic E-state index is 6.38. The number of hydrogen-bond acceptors (Lipinski definition) is 3. The summed E-state index contributed by atoms with van der Waals surface area (Å²) < 4.78 is 11.5. The van der Waals surface area contributed by atoms with Crippen LogP contribution in [0.2, 0.25) is 0 Å². The van der Waals surface area contributed by atoms with Crippen LogP contribution in [-0.2, 0) is 9.47 Å². The number of morpholine rings is 1. The van der Waals surface area contributed by atoms with Crippen LogP contribution in [0.5, 0.6) is 0 Å². The summed E-state index contributed by atoms with van der Waals surface area (Å²) in [7, 11) is 1.75. The topological polar surface area (TPSA) is 30.5 Å². The summed E-state index contributed by atoms with van der Waals surface area (Å²) in [4.78, 5) is 0. The Labute approximate surface area is 92.5 Å². The predicted molar refractivity (Wildman–Crippen MR) is 60.1 cm³/mol. The Bertz CT molecular complexity index is 214. The maximum atomic E-state index is 6.38. The smallest absolute Gasteiger partial charge is 0.0814 e. The second-order valence-corrected chi connectivity index (χ2v) is 5.29. The fourth-order valence-corrected chi connectivity index (χ4v) is 2.91. The van der Waals surface area contributed by atoms with Crippen molar-refractivity contribution in [2.75, 3.05) is 26.8 Å². The summed E-state index contributed by atoms with van der Waals surface area (Å²) >= 11 is 0. The van der Waals surface area contributed by atoms with Gasteiger partial charge in [-0.05, 0) is 19.8 Å². The fourth-order valence-electron chi connectivity index (χ4n) is 2.91. The van der Waals surface area contributed by atoms with Crippen LogP contribution in [0.1, 0.15) is 39.0 Å². The lowest BCUT2D eigenvalue weighted by molar-refractivity contribution is -0.173. The summed E-state index contributed by atoms with van der Waals surface area (Å²) in [6.45, 7) is 4.99. The van der Waals surface area contributed by atoms with Gasteiger partial charge in [0, 0.05) is 33.2 Å². The van der Waals surface area contributed by atoms with Crippen LogP contribution < -0.4 is 5.32 Å². The lowest BCUT2D eigenvalue weighted by Crippen LogP contribution is -2.58. The Morgan fingerprint density at radius 3 is 2.67 bits per heavy atom. The minimum Gasteiger partial charge on any atom is -0.385 e. The molecule has 0 aromatic heterocycles. The van der Waals surface area contributed by atoms with E-state index in [1.165, 1.54) is 25.7 Å². The van der Waals surface area contributed by atoms with Crippen molar-refractivity contribution in [2.24, 2.45) is 0 Å². The zero-order valence-corrected chi connectivity index (χ0v) is 9.97. The second-order valence-electron chi connectivity index (χ2n) is 5.29. The molecular formula is C12H23NO2. The molecule has 1 spiro atoms. The Balaban J connectivity index is 1.96. The van der Waals surface area contributed by atoms with Gasteiger partial charge in [0.05, 0.1) is 11.2 Å². The molecule has 1 unspecified atom stereocenters. The molecule has 3 heteroatoms. The molecule has 1 atom stereocenters. The minimum atomic E-state index is -0.0292. The van der Waals surface area contributed by atoms with Gasteiger partial charge in [-0.3, -0.25) is 0 Å². The largest absolute Gasteiger partial charge is 0.385 e. The van der Waals surface area contributed by atoms with E-state index in [-0.39, 0.29) is 11.2 Å². The Morgan fingerprint density at radius 1 is 1.27 bits per heavy atom. The van der Waals surface area contributed by atoms with Crippen molar-refractivity contribution in [3.05, 3.63) is 0 Å². The van der Waals surface area contributed by atoms with E-state index in [2.05, 4.69) is 12.2 Å². The molecule has 1 aliphatic heterocycles. The van der Waals surface area contributed by atoms with Crippen LogP contribution in [0, 0.1) is 0 Å². The molecule has 0 bridgehead atoms. The molecule has 2 aliphatic rings. The average molecular weight is 213 g/mol. The Hall–Kier alpha value is -0.120. The molecule has 2 rings (SSSR count). The first-order valence-corrected chi connectivity index (χ1v) is 6.08. The van der Waals surface area contributed by atoms with Gasteiger partial charge in [-0.25, -0.2) is 0 Å². The molecule has 1 heterocycles. The molecule has 1 aliphatic carbocycles. The molecule has 1 saturated carbocycles. The van der Waals surface area contributed by atoms with Crippen LogP contribution in [0.15, 0.2) is 0 Å². The van der Waals surface area contributed by atoms with E-state index in [0.717, 1.165) is 26.1 Å². The SMILES string of the molecule is COCCC1(C)CNCC2(CCCC2)O1. The summed E-state index contributed by atoms with van der Waals surface area (Å²) in [5.41, 5.74) is 0.110. The van der Waals surface area contributed by atoms with E-state index in [0.29, 0.717) is 0 Å². The van der Waals surface area contributed by atoms with E-state index >= 15 is 0 Å². The lowest BCUT2D eigenvalue weighted by Gasteiger charge is -2.45. The molecule has 2 fully saturated rings. The van der Waals surface area contributed by atoms with E-state index in [1.807, 2.05) is 0 Å². The fraction of sp³-hybridized carbons (Fsp3) is 1.00. The molecule has 0 amide bonds. The zero-order valence-electron chi connectivity index (χ0n) is 9.97. The third-order valence-corrected chi connectivity index (χ3v) is 3.76. The molecule has 0 aromatic carbocycles. The molecular weight excluding hydrogens is 190 g/mol. The minimum absolute atomic E-state index is 0.0292. The van der Waals surface area contributed by atoms with Crippen molar-refractivity contribution in [3.63, 3.8) is 0 Å². The highest BCUT2D eigenvalue weighted by atomic mass is 16.5. The van der Waals surface area contributed by atoms with E-state index in [1.54, 1.807) is 7.11 Å². The van der Waals surface area contributed by atoms with E-state index < -0.39 is 0 Å². The lowest BCUT2D eigenvalue weighted by atomic mass is 9.93. The van der Waals surface area contributed by atoms with Gasteiger partial charge >= 0.3 is 0 Å². The molecule has 3 nitrogen and oxygen atoms in total. The van der Waals surface area contributed by atoms with Crippen molar-refractivity contribution >= 4 is 0 Å². The molecule has 0 aromatic rings. The Kier molecular flexibility index (Phi) is 3.33. The van der Waals surface area contributed by atoms with Gasteiger partial charge in [0.25, 0.3) is 0 Å². The zero-order chi connectivity index (χ0) is 10.8. The molecule has 15 heavy (non-hydrogen) atoms. The molecule has 88 valence electrons. The highest BCUT2D eigenvalue weighted by molar-refractivity contribution is 4.97. The highest BCUT2D eigenvalue weighted by Gasteiger charge is 2.44. The van der Waals surface area contributed by atoms with Crippen LogP contribution in [-0.4, -0.2) is 38.0 Å². The monoisotopic (exact) mass is 213 g/mol. The molecule has 1 saturated heterocycles. The standard InChI is InChI=1S/C12H23NO2/c1-11(7-8-14-2)9-13-10-12(15-11)5-3-4-6-12/h13H,3-10H2,1-2H3. The van der Waals surface area contributed by atoms with E-state index in [9.17, 15) is 0 Å². The van der Waals surface area contributed by atoms with Gasteiger partial charge in [0.2, 0.25) is 0 Å². The number of methoxy groups -OCH3 is 1. The summed E-state index contributed by atoms with van der Waals surface area (Å²) in [5, 5.41) is 3.54. The Morgan fingerprint density at radius 2 is 2.00 bits per heavy atom. The van der Waals surface area contributed by atoms with Gasteiger partial charge in [-0.2, -0.15) is 0 Å². The second kappa shape index (κ2) is 4.40. The third kappa shape index (κ3) is 2.52. The van der Waals surface area contributed by atoms with Crippen LogP contribution in [0.4, 0.5) is 0 Å². The average Bonchev–Trinajstić information content (AvgIpc) is 2.63. The first-order valence-electron chi connectivity index (χ1n) is 6.08. The van der Waals surface area contributed by atoms with Gasteiger partial charge in [-0.15, -0.1) is 0 Å². The van der Waals surface area contributed by atoms with Gasteiger partial charge in [0.15, 0.2) is 0 Å². The van der Waals surface area contributed by atoms with Crippen molar-refractivity contribution in [1.82, 2.24) is 5.32 Å². The van der Waals surface area contributed by atoms with Crippen molar-refractivity contribution < 1.29 is 9.47 Å². The van der Waals surface area contributed by atoms with Crippen molar-refractivity contribution in [2.45, 2.75) is 50.2 Å². The van der Waals surface area contributed by atoms with Crippen molar-refractivity contribution in [1.29, 1.82) is 0 Å². The normalized spacial score (nSPS) is 34.8. The van der Waals surface area contributed by atoms with Gasteiger partial charge in [-0.1, -0.05) is 12.8 Å². The van der Waals surface area contributed by atoms with Gasteiger partial charge < -0.3 is 14.8 Å². The number of ether oxygens (including phenoxy) is 2. The summed E-state index contributed by atoms with van der Waals surface area (Å²) in [6, 6.07) is 0. The molecule has 0 radical (unpaired) electrons. The maximum Gasteiger partial charge on any atom is 0.0814 e. The number of nitrogens with one attached hydrogen (secondary N) is 1. The van der Waals surface area contributed by atoms with E-state index in [4.69, 9.17) is 9.47 Å². The van der Waals surface area contributed by atoms with Crippen LogP contribution in [0.3, 0.4) is 0 Å². The first-order chi connectivity index (χ1) is 7.18. The summed E-state index contributed by atoms with van der Waals surface area (Å²) in [5.74, 6) is 0. The number of hydrogen-bond donors (Lipinski definition) is 1. The third-order valence-electron chi connectivity index (χ3n) is 3.76. The van der Waals surface area contributed by atoms with Crippen molar-refractivity contribution in [3.8, 4) is 0 Å². The first kappa shape index (κ1) is 11.4. The van der Waals surface area contributed by atoms with Crippen LogP contribution >= 0.6 is 0 Å². The summed E-state index contributed by atoms with van der Waals surface area (Å²) in [6.07, 6.45) is 6.08. The number of rotatable bonds is 3.